The predicted molar refractivity (Wildman–Crippen MR) is 140 cm³/mol. The van der Waals surface area contributed by atoms with Crippen LogP contribution < -0.4 is 10.0 Å². The summed E-state index contributed by atoms with van der Waals surface area (Å²) >= 11 is 1.10. The van der Waals surface area contributed by atoms with Crippen LogP contribution in [0.1, 0.15) is 27.7 Å². The molecule has 0 bridgehead atoms. The molecule has 11 nitrogen and oxygen atoms in total. The number of nitrogens with one attached hydrogen (secondary N) is 2. The third-order valence-corrected chi connectivity index (χ3v) is 8.69. The van der Waals surface area contributed by atoms with Crippen LogP contribution in [-0.4, -0.2) is 54.6 Å². The third kappa shape index (κ3) is 6.25. The summed E-state index contributed by atoms with van der Waals surface area (Å²) in [6.07, 6.45) is 1.72. The summed E-state index contributed by atoms with van der Waals surface area (Å²) in [7, 11) is -1.03. The highest BCUT2D eigenvalue weighted by molar-refractivity contribution is 7.91. The van der Waals surface area contributed by atoms with Gasteiger partial charge in [0.15, 0.2) is 6.04 Å². The van der Waals surface area contributed by atoms with E-state index in [1.807, 2.05) is 0 Å². The lowest BCUT2D eigenvalue weighted by atomic mass is 10.1. The van der Waals surface area contributed by atoms with Crippen LogP contribution in [0.4, 0.5) is 0 Å². The van der Waals surface area contributed by atoms with Gasteiger partial charge in [-0.25, -0.2) is 22.6 Å². The summed E-state index contributed by atoms with van der Waals surface area (Å²) < 4.78 is 34.6. The van der Waals surface area contributed by atoms with E-state index in [1.54, 1.807) is 49.5 Å². The van der Waals surface area contributed by atoms with Gasteiger partial charge >= 0.3 is 5.97 Å². The molecule has 0 aliphatic heterocycles. The molecule has 38 heavy (non-hydrogen) atoms. The lowest BCUT2D eigenvalue weighted by molar-refractivity contribution is -0.144. The number of hydrogen-bond acceptors (Lipinski definition) is 9. The number of aromatic hydroxyl groups is 1. The van der Waals surface area contributed by atoms with Crippen LogP contribution in [0.3, 0.4) is 0 Å². The minimum absolute atomic E-state index is 0.107. The standard InChI is InChI=1S/C25H25N5O6S2/c1-26-24(32)18-7-5-17(6-8-18)22-11-12-23(37-22)38(34,35)27-14-19-15-30(29-28-19)21(25(33)36-2)13-16-3-9-20(31)10-4-16/h3-12,15,21,27,31H,13-14H2,1-2H3,(H,26,32)/t21-/m0/s1. The molecule has 1 amide bonds. The highest BCUT2D eigenvalue weighted by Gasteiger charge is 2.24. The Balaban J connectivity index is 1.44. The van der Waals surface area contributed by atoms with Gasteiger partial charge in [-0.15, -0.1) is 16.4 Å². The van der Waals surface area contributed by atoms with Gasteiger partial charge in [0.1, 0.15) is 9.96 Å². The first-order valence-corrected chi connectivity index (χ1v) is 13.7. The fourth-order valence-electron chi connectivity index (χ4n) is 3.61. The van der Waals surface area contributed by atoms with Gasteiger partial charge in [0.25, 0.3) is 5.91 Å². The summed E-state index contributed by atoms with van der Waals surface area (Å²) in [6.45, 7) is -0.135. The molecule has 198 valence electrons. The van der Waals surface area contributed by atoms with E-state index in [9.17, 15) is 23.1 Å². The zero-order valence-corrected chi connectivity index (χ0v) is 22.1. The molecule has 2 aromatic heterocycles. The van der Waals surface area contributed by atoms with Crippen molar-refractivity contribution in [2.24, 2.45) is 0 Å². The van der Waals surface area contributed by atoms with E-state index in [0.717, 1.165) is 27.3 Å². The molecule has 13 heteroatoms. The van der Waals surface area contributed by atoms with Crippen molar-refractivity contribution in [1.82, 2.24) is 25.0 Å². The molecule has 0 radical (unpaired) electrons. The molecule has 0 aliphatic rings. The van der Waals surface area contributed by atoms with Gasteiger partial charge < -0.3 is 15.2 Å². The molecule has 0 fully saturated rings. The number of carbonyl (C=O) groups excluding carboxylic acids is 2. The van der Waals surface area contributed by atoms with E-state index in [0.29, 0.717) is 11.3 Å². The molecular formula is C25H25N5O6S2. The molecule has 3 N–H and O–H groups in total. The minimum Gasteiger partial charge on any atom is -0.508 e. The Hall–Kier alpha value is -4.07. The minimum atomic E-state index is -3.84. The number of benzene rings is 2. The second-order valence-electron chi connectivity index (χ2n) is 8.20. The highest BCUT2D eigenvalue weighted by Crippen LogP contribution is 2.31. The van der Waals surface area contributed by atoms with Crippen LogP contribution in [0, 0.1) is 0 Å². The number of rotatable bonds is 10. The Bertz CT molecular complexity index is 1530. The number of carbonyl (C=O) groups is 2. The van der Waals surface area contributed by atoms with Crippen molar-refractivity contribution < 1.29 is 27.9 Å². The number of amides is 1. The van der Waals surface area contributed by atoms with Crippen LogP contribution in [0.25, 0.3) is 10.4 Å². The topological polar surface area (TPSA) is 153 Å². The number of phenolic OH excluding ortho intramolecular Hbond substituents is 1. The quantitative estimate of drug-likeness (QED) is 0.252. The van der Waals surface area contributed by atoms with E-state index >= 15 is 0 Å². The number of esters is 1. The predicted octanol–water partition coefficient (Wildman–Crippen LogP) is 2.51. The number of phenols is 1. The third-order valence-electron chi connectivity index (χ3n) is 5.66. The number of sulfonamides is 1. The van der Waals surface area contributed by atoms with Crippen LogP contribution in [-0.2, 0) is 32.5 Å². The van der Waals surface area contributed by atoms with Gasteiger partial charge in [0.2, 0.25) is 10.0 Å². The number of aromatic nitrogens is 3. The summed E-state index contributed by atoms with van der Waals surface area (Å²) in [4.78, 5) is 24.9. The molecule has 0 aliphatic carbocycles. The molecule has 1 atom stereocenters. The van der Waals surface area contributed by atoms with E-state index in [1.165, 1.54) is 36.2 Å². The molecule has 4 rings (SSSR count). The zero-order valence-electron chi connectivity index (χ0n) is 20.5. The lowest BCUT2D eigenvalue weighted by Crippen LogP contribution is -2.24. The van der Waals surface area contributed by atoms with Gasteiger partial charge in [-0.2, -0.15) is 0 Å². The number of thiophene rings is 1. The maximum absolute atomic E-state index is 12.9. The summed E-state index contributed by atoms with van der Waals surface area (Å²) in [5, 5.41) is 20.0. The normalized spacial score (nSPS) is 12.2. The molecule has 0 unspecified atom stereocenters. The van der Waals surface area contributed by atoms with Crippen LogP contribution >= 0.6 is 11.3 Å². The molecule has 0 spiro atoms. The SMILES string of the molecule is CNC(=O)c1ccc(-c2ccc(S(=O)(=O)NCc3cn([C@@H](Cc4ccc(O)cc4)C(=O)OC)nn3)s2)cc1. The number of nitrogens with zero attached hydrogens (tertiary/aromatic N) is 3. The molecular weight excluding hydrogens is 530 g/mol. The first kappa shape index (κ1) is 27.0. The maximum atomic E-state index is 12.9. The van der Waals surface area contributed by atoms with Gasteiger partial charge in [-0.3, -0.25) is 4.79 Å². The van der Waals surface area contributed by atoms with Gasteiger partial charge in [-0.1, -0.05) is 29.5 Å². The zero-order chi connectivity index (χ0) is 27.3. The van der Waals surface area contributed by atoms with Crippen LogP contribution in [0.2, 0.25) is 0 Å². The average Bonchev–Trinajstić information content (AvgIpc) is 3.62. The largest absolute Gasteiger partial charge is 0.508 e. The Morgan fingerprint density at radius 3 is 2.45 bits per heavy atom. The van der Waals surface area contributed by atoms with Crippen molar-refractivity contribution in [3.63, 3.8) is 0 Å². The van der Waals surface area contributed by atoms with Crippen LogP contribution in [0.15, 0.2) is 71.1 Å². The van der Waals surface area contributed by atoms with Gasteiger partial charge in [0.05, 0.1) is 25.5 Å². The van der Waals surface area contributed by atoms with Crippen molar-refractivity contribution in [2.75, 3.05) is 14.2 Å². The van der Waals surface area contributed by atoms with Crippen molar-refractivity contribution in [3.05, 3.63) is 83.7 Å². The van der Waals surface area contributed by atoms with Crippen molar-refractivity contribution in [1.29, 1.82) is 0 Å². The second kappa shape index (κ2) is 11.5. The van der Waals surface area contributed by atoms with Crippen molar-refractivity contribution >= 4 is 33.2 Å². The Labute approximate surface area is 223 Å². The van der Waals surface area contributed by atoms with Crippen LogP contribution in [0.5, 0.6) is 5.75 Å². The molecule has 0 saturated carbocycles. The molecule has 2 heterocycles. The Morgan fingerprint density at radius 1 is 1.08 bits per heavy atom. The number of methoxy groups -OCH3 is 1. The summed E-state index contributed by atoms with van der Waals surface area (Å²) in [6, 6.07) is 15.7. The Morgan fingerprint density at radius 2 is 1.79 bits per heavy atom. The van der Waals surface area contributed by atoms with Crippen molar-refractivity contribution in [3.8, 4) is 16.2 Å². The molecule has 0 saturated heterocycles. The number of hydrogen-bond donors (Lipinski definition) is 3. The fraction of sp³-hybridized carbons (Fsp3) is 0.200. The highest BCUT2D eigenvalue weighted by atomic mass is 32.2. The molecule has 4 aromatic rings. The molecule has 2 aromatic carbocycles. The number of ether oxygens (including phenoxy) is 1. The van der Waals surface area contributed by atoms with Crippen molar-refractivity contribution in [2.45, 2.75) is 23.2 Å². The van der Waals surface area contributed by atoms with Gasteiger partial charge in [0, 0.05) is 23.9 Å². The smallest absolute Gasteiger partial charge is 0.331 e. The van der Waals surface area contributed by atoms with E-state index < -0.39 is 22.0 Å². The summed E-state index contributed by atoms with van der Waals surface area (Å²) in [5.74, 6) is -0.634. The maximum Gasteiger partial charge on any atom is 0.331 e. The lowest BCUT2D eigenvalue weighted by Gasteiger charge is -2.14. The first-order chi connectivity index (χ1) is 18.2. The van der Waals surface area contributed by atoms with E-state index in [2.05, 4.69) is 20.4 Å². The monoisotopic (exact) mass is 555 g/mol. The fourth-order valence-corrected chi connectivity index (χ4v) is 5.97. The summed E-state index contributed by atoms with van der Waals surface area (Å²) in [5.41, 5.74) is 2.38. The van der Waals surface area contributed by atoms with E-state index in [4.69, 9.17) is 4.74 Å². The van der Waals surface area contributed by atoms with Gasteiger partial charge in [-0.05, 0) is 47.5 Å². The second-order valence-corrected chi connectivity index (χ2v) is 11.3. The average molecular weight is 556 g/mol. The Kier molecular flexibility index (Phi) is 8.20. The van der Waals surface area contributed by atoms with E-state index in [-0.39, 0.29) is 28.8 Å². The first-order valence-electron chi connectivity index (χ1n) is 11.4.